The van der Waals surface area contributed by atoms with Gasteiger partial charge in [0.1, 0.15) is 0 Å². The molecule has 0 aliphatic heterocycles. The normalized spacial score (nSPS) is 12.0. The largest absolute Gasteiger partial charge is 0.361 e. The van der Waals surface area contributed by atoms with E-state index in [9.17, 15) is 4.79 Å². The summed E-state index contributed by atoms with van der Waals surface area (Å²) in [6, 6.07) is 31.0. The summed E-state index contributed by atoms with van der Waals surface area (Å²) < 4.78 is 0. The highest BCUT2D eigenvalue weighted by Gasteiger charge is 2.20. The summed E-state index contributed by atoms with van der Waals surface area (Å²) >= 11 is 1.73. The number of fused-ring (bicyclic) bond motifs is 1. The van der Waals surface area contributed by atoms with Gasteiger partial charge in [0.15, 0.2) is 0 Å². The Hall–Kier alpha value is -3.63. The number of aromatic amines is 1. The van der Waals surface area contributed by atoms with E-state index in [-0.39, 0.29) is 11.8 Å². The Morgan fingerprint density at radius 1 is 0.844 bits per heavy atom. The van der Waals surface area contributed by atoms with E-state index in [0.717, 1.165) is 16.6 Å². The third-order valence-corrected chi connectivity index (χ3v) is 6.80. The molecule has 3 aromatic carbocycles. The van der Waals surface area contributed by atoms with Crippen molar-refractivity contribution in [2.45, 2.75) is 12.3 Å². The minimum atomic E-state index is 0.0406. The third-order valence-electron chi connectivity index (χ3n) is 5.81. The standard InChI is InChI=1S/C28H24N2OS/c31-28(17-20-12-14-22(15-13-20)21-7-2-1-3-8-21)30-19-25(27-11-6-16-32-27)24-18-29-26-10-5-4-9-23(24)26/h1-16,18,25,29H,17,19H2,(H,30,31). The molecule has 0 bridgehead atoms. The number of carbonyl (C=O) groups excluding carboxylic acids is 1. The van der Waals surface area contributed by atoms with Crippen LogP contribution in [0.4, 0.5) is 0 Å². The van der Waals surface area contributed by atoms with Crippen LogP contribution in [0.3, 0.4) is 0 Å². The highest BCUT2D eigenvalue weighted by Crippen LogP contribution is 2.32. The summed E-state index contributed by atoms with van der Waals surface area (Å²) in [5, 5.41) is 6.47. The third kappa shape index (κ3) is 4.36. The maximum Gasteiger partial charge on any atom is 0.224 e. The molecule has 32 heavy (non-hydrogen) atoms. The van der Waals surface area contributed by atoms with Crippen LogP contribution in [0.5, 0.6) is 0 Å². The minimum absolute atomic E-state index is 0.0406. The molecule has 3 nitrogen and oxygen atoms in total. The molecule has 1 amide bonds. The molecular weight excluding hydrogens is 412 g/mol. The van der Waals surface area contributed by atoms with Gasteiger partial charge in [-0.25, -0.2) is 0 Å². The van der Waals surface area contributed by atoms with E-state index < -0.39 is 0 Å². The molecule has 0 saturated heterocycles. The fourth-order valence-corrected chi connectivity index (χ4v) is 4.99. The zero-order valence-corrected chi connectivity index (χ0v) is 18.4. The van der Waals surface area contributed by atoms with Gasteiger partial charge in [-0.05, 0) is 39.8 Å². The lowest BCUT2D eigenvalue weighted by Gasteiger charge is -2.16. The number of nitrogens with one attached hydrogen (secondary N) is 2. The first-order valence-corrected chi connectivity index (χ1v) is 11.7. The molecule has 1 unspecified atom stereocenters. The number of amides is 1. The maximum absolute atomic E-state index is 12.8. The van der Waals surface area contributed by atoms with Crippen LogP contribution >= 0.6 is 11.3 Å². The molecule has 0 fully saturated rings. The number of carbonyl (C=O) groups is 1. The van der Waals surface area contributed by atoms with Crippen LogP contribution in [-0.2, 0) is 11.2 Å². The number of H-pyrrole nitrogens is 1. The molecule has 158 valence electrons. The van der Waals surface area contributed by atoms with Gasteiger partial charge in [0.25, 0.3) is 0 Å². The van der Waals surface area contributed by atoms with Crippen LogP contribution in [0.2, 0.25) is 0 Å². The van der Waals surface area contributed by atoms with Crippen molar-refractivity contribution in [3.8, 4) is 11.1 Å². The van der Waals surface area contributed by atoms with Gasteiger partial charge < -0.3 is 10.3 Å². The first kappa shape index (κ1) is 20.3. The molecule has 4 heteroatoms. The fourth-order valence-electron chi connectivity index (χ4n) is 4.15. The van der Waals surface area contributed by atoms with Crippen LogP contribution < -0.4 is 5.32 Å². The molecule has 0 radical (unpaired) electrons. The van der Waals surface area contributed by atoms with Gasteiger partial charge in [0.2, 0.25) is 5.91 Å². The Balaban J connectivity index is 1.28. The van der Waals surface area contributed by atoms with Gasteiger partial charge in [0.05, 0.1) is 6.42 Å². The van der Waals surface area contributed by atoms with Crippen molar-refractivity contribution < 1.29 is 4.79 Å². The van der Waals surface area contributed by atoms with Crippen LogP contribution in [0.25, 0.3) is 22.0 Å². The lowest BCUT2D eigenvalue weighted by molar-refractivity contribution is -0.120. The van der Waals surface area contributed by atoms with Gasteiger partial charge >= 0.3 is 0 Å². The molecule has 0 aliphatic rings. The highest BCUT2D eigenvalue weighted by atomic mass is 32.1. The number of benzene rings is 3. The summed E-state index contributed by atoms with van der Waals surface area (Å²) in [5.41, 5.74) is 5.69. The first-order chi connectivity index (χ1) is 15.8. The van der Waals surface area contributed by atoms with Crippen molar-refractivity contribution in [1.29, 1.82) is 0 Å². The lowest BCUT2D eigenvalue weighted by Crippen LogP contribution is -2.29. The zero-order chi connectivity index (χ0) is 21.8. The average Bonchev–Trinajstić information content (AvgIpc) is 3.52. The predicted molar refractivity (Wildman–Crippen MR) is 133 cm³/mol. The molecule has 0 saturated carbocycles. The minimum Gasteiger partial charge on any atom is -0.361 e. The van der Waals surface area contributed by atoms with Gasteiger partial charge in [0, 0.05) is 34.4 Å². The Kier molecular flexibility index (Phi) is 5.86. The quantitative estimate of drug-likeness (QED) is 0.305. The van der Waals surface area contributed by atoms with Crippen LogP contribution in [0.15, 0.2) is 103 Å². The van der Waals surface area contributed by atoms with Gasteiger partial charge in [-0.3, -0.25) is 4.79 Å². The predicted octanol–water partition coefficient (Wildman–Crippen LogP) is 6.39. The monoisotopic (exact) mass is 436 g/mol. The topological polar surface area (TPSA) is 44.9 Å². The van der Waals surface area contributed by atoms with Gasteiger partial charge in [-0.15, -0.1) is 11.3 Å². The van der Waals surface area contributed by atoms with Crippen molar-refractivity contribution in [2.75, 3.05) is 6.54 Å². The van der Waals surface area contributed by atoms with Gasteiger partial charge in [-0.1, -0.05) is 78.9 Å². The van der Waals surface area contributed by atoms with E-state index in [0.29, 0.717) is 13.0 Å². The number of para-hydroxylation sites is 1. The number of thiophene rings is 1. The first-order valence-electron chi connectivity index (χ1n) is 10.8. The summed E-state index contributed by atoms with van der Waals surface area (Å²) in [6.45, 7) is 0.573. The zero-order valence-electron chi connectivity index (χ0n) is 17.6. The number of rotatable bonds is 7. The van der Waals surface area contributed by atoms with Crippen molar-refractivity contribution in [2.24, 2.45) is 0 Å². The number of hydrogen-bond acceptors (Lipinski definition) is 2. The summed E-state index contributed by atoms with van der Waals surface area (Å²) in [6.07, 6.45) is 2.45. The van der Waals surface area contributed by atoms with E-state index in [1.807, 2.05) is 36.4 Å². The number of aromatic nitrogens is 1. The molecule has 0 spiro atoms. The maximum atomic E-state index is 12.8. The highest BCUT2D eigenvalue weighted by molar-refractivity contribution is 7.10. The SMILES string of the molecule is O=C(Cc1ccc(-c2ccccc2)cc1)NCC(c1cccs1)c1c[nH]c2ccccc12. The Bertz CT molecular complexity index is 1300. The molecule has 2 aromatic heterocycles. The molecule has 2 heterocycles. The van der Waals surface area contributed by atoms with E-state index in [2.05, 4.69) is 76.5 Å². The molecular formula is C28H24N2OS. The van der Waals surface area contributed by atoms with Crippen LogP contribution in [0.1, 0.15) is 21.9 Å². The Morgan fingerprint density at radius 3 is 2.38 bits per heavy atom. The lowest BCUT2D eigenvalue weighted by atomic mass is 9.96. The van der Waals surface area contributed by atoms with Crippen molar-refractivity contribution in [1.82, 2.24) is 10.3 Å². The van der Waals surface area contributed by atoms with Crippen molar-refractivity contribution >= 4 is 28.1 Å². The van der Waals surface area contributed by atoms with E-state index in [1.54, 1.807) is 11.3 Å². The second-order valence-corrected chi connectivity index (χ2v) is 8.88. The van der Waals surface area contributed by atoms with Crippen molar-refractivity contribution in [3.05, 3.63) is 119 Å². The van der Waals surface area contributed by atoms with E-state index in [4.69, 9.17) is 0 Å². The summed E-state index contributed by atoms with van der Waals surface area (Å²) in [7, 11) is 0. The molecule has 2 N–H and O–H groups in total. The summed E-state index contributed by atoms with van der Waals surface area (Å²) in [4.78, 5) is 17.4. The second kappa shape index (κ2) is 9.25. The fraction of sp³-hybridized carbons (Fsp3) is 0.107. The van der Waals surface area contributed by atoms with Gasteiger partial charge in [-0.2, -0.15) is 0 Å². The van der Waals surface area contributed by atoms with Crippen LogP contribution in [0, 0.1) is 0 Å². The van der Waals surface area contributed by atoms with E-state index in [1.165, 1.54) is 21.4 Å². The molecule has 5 rings (SSSR count). The molecule has 1 atom stereocenters. The van der Waals surface area contributed by atoms with E-state index >= 15 is 0 Å². The van der Waals surface area contributed by atoms with Crippen LogP contribution in [-0.4, -0.2) is 17.4 Å². The average molecular weight is 437 g/mol. The second-order valence-electron chi connectivity index (χ2n) is 7.90. The Labute approximate surface area is 191 Å². The summed E-state index contributed by atoms with van der Waals surface area (Å²) in [5.74, 6) is 0.161. The van der Waals surface area contributed by atoms with Crippen molar-refractivity contribution in [3.63, 3.8) is 0 Å². The smallest absolute Gasteiger partial charge is 0.224 e. The Morgan fingerprint density at radius 2 is 1.59 bits per heavy atom. The number of hydrogen-bond donors (Lipinski definition) is 2. The molecule has 5 aromatic rings. The molecule has 0 aliphatic carbocycles.